The van der Waals surface area contributed by atoms with Crippen molar-refractivity contribution in [2.24, 2.45) is 0 Å². The van der Waals surface area contributed by atoms with Crippen LogP contribution < -0.4 is 19.1 Å². The molecule has 1 atom stereocenters. The van der Waals surface area contributed by atoms with Crippen LogP contribution in [0.4, 0.5) is 5.69 Å². The summed E-state index contributed by atoms with van der Waals surface area (Å²) in [5, 5.41) is 2.89. The Morgan fingerprint density at radius 3 is 2.09 bits per heavy atom. The third-order valence-electron chi connectivity index (χ3n) is 5.33. The third kappa shape index (κ3) is 6.08. The summed E-state index contributed by atoms with van der Waals surface area (Å²) in [6.45, 7) is 5.84. The number of methoxy groups -OCH3 is 1. The molecule has 0 radical (unpaired) electrons. The molecule has 7 nitrogen and oxygen atoms in total. The molecule has 0 saturated carbocycles. The predicted octanol–water partition coefficient (Wildman–Crippen LogP) is 4.48. The van der Waals surface area contributed by atoms with E-state index in [1.807, 2.05) is 45.0 Å². The minimum absolute atomic E-state index is 0.112. The molecule has 8 heteroatoms. The Bertz CT molecular complexity index is 1190. The van der Waals surface area contributed by atoms with Crippen LogP contribution in [-0.2, 0) is 14.8 Å². The van der Waals surface area contributed by atoms with Gasteiger partial charge < -0.3 is 14.8 Å². The van der Waals surface area contributed by atoms with Crippen molar-refractivity contribution in [3.63, 3.8) is 0 Å². The average molecular weight is 483 g/mol. The van der Waals surface area contributed by atoms with Gasteiger partial charge in [-0.15, -0.1) is 0 Å². The number of hydrogen-bond donors (Lipinski definition) is 1. The number of aryl methyl sites for hydroxylation is 1. The first-order chi connectivity index (χ1) is 16.2. The molecule has 180 valence electrons. The molecule has 0 saturated heterocycles. The van der Waals surface area contributed by atoms with Gasteiger partial charge in [0.25, 0.3) is 10.0 Å². The number of amides is 1. The maximum Gasteiger partial charge on any atom is 0.264 e. The zero-order valence-corrected chi connectivity index (χ0v) is 20.6. The first kappa shape index (κ1) is 25.1. The van der Waals surface area contributed by atoms with Gasteiger partial charge in [0.1, 0.15) is 18.0 Å². The zero-order chi connectivity index (χ0) is 24.7. The fourth-order valence-electron chi connectivity index (χ4n) is 3.42. The number of rotatable bonds is 10. The number of nitrogens with zero attached hydrogens (tertiary/aromatic N) is 1. The van der Waals surface area contributed by atoms with Crippen LogP contribution in [0, 0.1) is 6.92 Å². The molecule has 1 amide bonds. The Balaban J connectivity index is 1.84. The van der Waals surface area contributed by atoms with Crippen molar-refractivity contribution >= 4 is 21.6 Å². The second kappa shape index (κ2) is 11.1. The fraction of sp³-hybridized carbons (Fsp3) is 0.269. The van der Waals surface area contributed by atoms with Gasteiger partial charge in [-0.05, 0) is 74.9 Å². The number of hydrogen-bond acceptors (Lipinski definition) is 5. The summed E-state index contributed by atoms with van der Waals surface area (Å²) >= 11 is 0. The predicted molar refractivity (Wildman–Crippen MR) is 133 cm³/mol. The van der Waals surface area contributed by atoms with Gasteiger partial charge in [0.15, 0.2) is 0 Å². The van der Waals surface area contributed by atoms with E-state index in [0.717, 1.165) is 21.2 Å². The van der Waals surface area contributed by atoms with E-state index in [9.17, 15) is 13.2 Å². The minimum Gasteiger partial charge on any atom is -0.497 e. The summed E-state index contributed by atoms with van der Waals surface area (Å²) in [6, 6.07) is 20.2. The van der Waals surface area contributed by atoms with E-state index in [4.69, 9.17) is 9.47 Å². The van der Waals surface area contributed by atoms with Crippen LogP contribution in [0.2, 0.25) is 0 Å². The summed E-state index contributed by atoms with van der Waals surface area (Å²) in [5.74, 6) is 0.914. The molecule has 1 N–H and O–H groups in total. The number of nitrogens with one attached hydrogen (secondary N) is 1. The van der Waals surface area contributed by atoms with Crippen LogP contribution in [0.15, 0.2) is 77.7 Å². The topological polar surface area (TPSA) is 84.9 Å². The number of anilines is 1. The molecule has 34 heavy (non-hydrogen) atoms. The van der Waals surface area contributed by atoms with Gasteiger partial charge in [-0.25, -0.2) is 8.42 Å². The van der Waals surface area contributed by atoms with Gasteiger partial charge in [0, 0.05) is 0 Å². The van der Waals surface area contributed by atoms with Gasteiger partial charge in [0.2, 0.25) is 5.91 Å². The summed E-state index contributed by atoms with van der Waals surface area (Å²) in [5.41, 5.74) is 2.19. The van der Waals surface area contributed by atoms with Gasteiger partial charge in [-0.1, -0.05) is 29.8 Å². The Labute approximate surface area is 201 Å². The lowest BCUT2D eigenvalue weighted by atomic mass is 10.1. The molecular weight excluding hydrogens is 452 g/mol. The van der Waals surface area contributed by atoms with E-state index in [0.29, 0.717) is 18.0 Å². The molecule has 0 fully saturated rings. The molecule has 0 bridgehead atoms. The highest BCUT2D eigenvalue weighted by atomic mass is 32.2. The van der Waals surface area contributed by atoms with Gasteiger partial charge in [0.05, 0.1) is 30.3 Å². The Morgan fingerprint density at radius 2 is 1.53 bits per heavy atom. The summed E-state index contributed by atoms with van der Waals surface area (Å²) < 4.78 is 38.7. The lowest BCUT2D eigenvalue weighted by Crippen LogP contribution is -2.41. The second-order valence-corrected chi connectivity index (χ2v) is 9.68. The maximum absolute atomic E-state index is 13.5. The van der Waals surface area contributed by atoms with Crippen LogP contribution in [0.3, 0.4) is 0 Å². The Hall–Kier alpha value is -3.52. The van der Waals surface area contributed by atoms with Crippen molar-refractivity contribution in [3.8, 4) is 11.5 Å². The number of ether oxygens (including phenoxy) is 2. The monoisotopic (exact) mass is 482 g/mol. The lowest BCUT2D eigenvalue weighted by molar-refractivity contribution is -0.120. The van der Waals surface area contributed by atoms with E-state index >= 15 is 0 Å². The highest BCUT2D eigenvalue weighted by Crippen LogP contribution is 2.26. The molecule has 0 unspecified atom stereocenters. The minimum atomic E-state index is -3.98. The molecule has 0 spiro atoms. The van der Waals surface area contributed by atoms with Crippen molar-refractivity contribution in [1.29, 1.82) is 0 Å². The number of benzene rings is 3. The molecular formula is C26H30N2O5S. The van der Waals surface area contributed by atoms with Crippen LogP contribution in [0.1, 0.15) is 31.0 Å². The quantitative estimate of drug-likeness (QED) is 0.461. The van der Waals surface area contributed by atoms with Gasteiger partial charge in [-0.3, -0.25) is 9.10 Å². The zero-order valence-electron chi connectivity index (χ0n) is 19.8. The fourth-order valence-corrected chi connectivity index (χ4v) is 4.84. The van der Waals surface area contributed by atoms with Gasteiger partial charge >= 0.3 is 0 Å². The molecule has 0 aliphatic carbocycles. The Morgan fingerprint density at radius 1 is 0.941 bits per heavy atom. The summed E-state index contributed by atoms with van der Waals surface area (Å²) in [6.07, 6.45) is 0. The van der Waals surface area contributed by atoms with E-state index in [-0.39, 0.29) is 17.5 Å². The summed E-state index contributed by atoms with van der Waals surface area (Å²) in [7, 11) is -2.45. The molecule has 0 heterocycles. The van der Waals surface area contributed by atoms with Crippen LogP contribution in [0.5, 0.6) is 11.5 Å². The van der Waals surface area contributed by atoms with Crippen molar-refractivity contribution in [1.82, 2.24) is 5.32 Å². The highest BCUT2D eigenvalue weighted by molar-refractivity contribution is 7.92. The molecule has 0 aliphatic heterocycles. The van der Waals surface area contributed by atoms with Crippen LogP contribution in [-0.4, -0.2) is 34.6 Å². The number of carbonyl (C=O) groups excluding carboxylic acids is 1. The first-order valence-electron chi connectivity index (χ1n) is 11.0. The van der Waals surface area contributed by atoms with Crippen molar-refractivity contribution in [2.75, 3.05) is 24.6 Å². The number of sulfonamides is 1. The van der Waals surface area contributed by atoms with E-state index < -0.39 is 15.9 Å². The molecule has 3 aromatic carbocycles. The second-order valence-electron chi connectivity index (χ2n) is 7.81. The highest BCUT2D eigenvalue weighted by Gasteiger charge is 2.27. The molecule has 0 aromatic heterocycles. The van der Waals surface area contributed by atoms with Crippen molar-refractivity contribution in [3.05, 3.63) is 83.9 Å². The molecule has 3 aromatic rings. The van der Waals surface area contributed by atoms with Crippen molar-refractivity contribution < 1.29 is 22.7 Å². The van der Waals surface area contributed by atoms with Crippen molar-refractivity contribution in [2.45, 2.75) is 31.7 Å². The maximum atomic E-state index is 13.5. The van der Waals surface area contributed by atoms with E-state index in [1.54, 1.807) is 48.5 Å². The number of carbonyl (C=O) groups is 1. The lowest BCUT2D eigenvalue weighted by Gasteiger charge is -2.25. The van der Waals surface area contributed by atoms with Gasteiger partial charge in [-0.2, -0.15) is 0 Å². The summed E-state index contributed by atoms with van der Waals surface area (Å²) in [4.78, 5) is 13.1. The van der Waals surface area contributed by atoms with E-state index in [1.165, 1.54) is 7.11 Å². The average Bonchev–Trinajstić information content (AvgIpc) is 2.83. The van der Waals surface area contributed by atoms with E-state index in [2.05, 4.69) is 5.32 Å². The smallest absolute Gasteiger partial charge is 0.264 e. The SMILES string of the molecule is CCOc1ccc([C@H](C)NC(=O)CN(c2ccc(OC)cc2)S(=O)(=O)c2ccc(C)cc2)cc1. The Kier molecular flexibility index (Phi) is 8.17. The standard InChI is InChI=1S/C26H30N2O5S/c1-5-33-24-12-8-21(9-13-24)20(3)27-26(29)18-28(22-10-14-23(32-4)15-11-22)34(30,31)25-16-6-19(2)7-17-25/h6-17,20H,5,18H2,1-4H3,(H,27,29)/t20-/m0/s1. The molecule has 0 aliphatic rings. The normalized spacial score (nSPS) is 12.0. The molecule has 3 rings (SSSR count). The first-order valence-corrected chi connectivity index (χ1v) is 12.4. The van der Waals surface area contributed by atoms with Crippen LogP contribution in [0.25, 0.3) is 0 Å². The third-order valence-corrected chi connectivity index (χ3v) is 7.11. The largest absolute Gasteiger partial charge is 0.497 e. The van der Waals surface area contributed by atoms with Crippen LogP contribution >= 0.6 is 0 Å².